The summed E-state index contributed by atoms with van der Waals surface area (Å²) in [5.41, 5.74) is 0. The Hall–Kier alpha value is -2.22. The molecule has 1 N–H and O–H groups in total. The Morgan fingerprint density at radius 1 is 1.50 bits per heavy atom. The lowest BCUT2D eigenvalue weighted by molar-refractivity contribution is -0.402. The second-order valence-electron chi connectivity index (χ2n) is 3.69. The average Bonchev–Trinajstić information content (AvgIpc) is 2.98. The van der Waals surface area contributed by atoms with Crippen LogP contribution in [-0.4, -0.2) is 26.5 Å². The highest BCUT2D eigenvalue weighted by Crippen LogP contribution is 2.14. The summed E-state index contributed by atoms with van der Waals surface area (Å²) < 4.78 is 6.76. The summed E-state index contributed by atoms with van der Waals surface area (Å²) in [5.74, 6) is 0.330. The molecular formula is C10H13N5O3. The SMILES string of the molecule is O=[N+]([O-])c1ccc(CNCCCn2ccnn2)o1. The van der Waals surface area contributed by atoms with Crippen LogP contribution in [0.5, 0.6) is 0 Å². The third-order valence-electron chi connectivity index (χ3n) is 2.34. The van der Waals surface area contributed by atoms with Gasteiger partial charge in [0.05, 0.1) is 18.8 Å². The third-order valence-corrected chi connectivity index (χ3v) is 2.34. The van der Waals surface area contributed by atoms with Crippen LogP contribution in [0.3, 0.4) is 0 Å². The zero-order valence-corrected chi connectivity index (χ0v) is 9.65. The number of aryl methyl sites for hydroxylation is 1. The highest BCUT2D eigenvalue weighted by atomic mass is 16.6. The molecule has 0 atom stereocenters. The van der Waals surface area contributed by atoms with Gasteiger partial charge in [-0.05, 0) is 19.0 Å². The van der Waals surface area contributed by atoms with E-state index in [4.69, 9.17) is 4.42 Å². The molecule has 0 saturated heterocycles. The summed E-state index contributed by atoms with van der Waals surface area (Å²) in [5, 5.41) is 21.1. The van der Waals surface area contributed by atoms with Crippen LogP contribution in [0.4, 0.5) is 5.88 Å². The van der Waals surface area contributed by atoms with Crippen molar-refractivity contribution in [3.8, 4) is 0 Å². The maximum absolute atomic E-state index is 10.4. The first-order valence-corrected chi connectivity index (χ1v) is 5.53. The molecule has 0 amide bonds. The normalized spacial score (nSPS) is 10.7. The van der Waals surface area contributed by atoms with Gasteiger partial charge in [0.2, 0.25) is 0 Å². The van der Waals surface area contributed by atoms with E-state index in [1.807, 2.05) is 0 Å². The molecule has 0 aromatic carbocycles. The van der Waals surface area contributed by atoms with Gasteiger partial charge in [0.15, 0.2) is 0 Å². The van der Waals surface area contributed by atoms with Crippen molar-refractivity contribution in [1.82, 2.24) is 20.3 Å². The van der Waals surface area contributed by atoms with Crippen LogP contribution in [0.2, 0.25) is 0 Å². The minimum Gasteiger partial charge on any atom is -0.404 e. The summed E-state index contributed by atoms with van der Waals surface area (Å²) in [6.07, 6.45) is 4.33. The van der Waals surface area contributed by atoms with Crippen molar-refractivity contribution in [2.24, 2.45) is 0 Å². The molecule has 8 nitrogen and oxygen atoms in total. The number of nitrogens with one attached hydrogen (secondary N) is 1. The van der Waals surface area contributed by atoms with E-state index in [1.54, 1.807) is 23.1 Å². The van der Waals surface area contributed by atoms with Crippen molar-refractivity contribution >= 4 is 5.88 Å². The fourth-order valence-corrected chi connectivity index (χ4v) is 1.49. The van der Waals surface area contributed by atoms with Crippen LogP contribution in [-0.2, 0) is 13.1 Å². The van der Waals surface area contributed by atoms with Gasteiger partial charge in [-0.15, -0.1) is 5.10 Å². The van der Waals surface area contributed by atoms with Crippen molar-refractivity contribution in [2.75, 3.05) is 6.54 Å². The Morgan fingerprint density at radius 3 is 3.06 bits per heavy atom. The molecule has 2 heterocycles. The largest absolute Gasteiger partial charge is 0.433 e. The standard InChI is InChI=1S/C10H13N5O3/c16-15(17)10-3-2-9(18-10)8-11-4-1-6-14-7-5-12-13-14/h2-3,5,7,11H,1,4,6,8H2. The summed E-state index contributed by atoms with van der Waals surface area (Å²) in [4.78, 5) is 9.85. The van der Waals surface area contributed by atoms with Crippen molar-refractivity contribution in [3.05, 3.63) is 40.4 Å². The Labute approximate surface area is 103 Å². The average molecular weight is 251 g/mol. The lowest BCUT2D eigenvalue weighted by atomic mass is 10.4. The topological polar surface area (TPSA) is 99.0 Å². The first-order chi connectivity index (χ1) is 8.75. The molecule has 18 heavy (non-hydrogen) atoms. The summed E-state index contributed by atoms with van der Waals surface area (Å²) >= 11 is 0. The van der Waals surface area contributed by atoms with E-state index >= 15 is 0 Å². The summed E-state index contributed by atoms with van der Waals surface area (Å²) in [7, 11) is 0. The molecule has 2 aromatic rings. The van der Waals surface area contributed by atoms with Crippen molar-refractivity contribution in [2.45, 2.75) is 19.5 Å². The van der Waals surface area contributed by atoms with Gasteiger partial charge >= 0.3 is 5.88 Å². The van der Waals surface area contributed by atoms with E-state index in [-0.39, 0.29) is 5.88 Å². The fourth-order valence-electron chi connectivity index (χ4n) is 1.49. The van der Waals surface area contributed by atoms with Crippen LogP contribution in [0.15, 0.2) is 28.9 Å². The minimum atomic E-state index is -0.547. The fraction of sp³-hybridized carbons (Fsp3) is 0.400. The van der Waals surface area contributed by atoms with Gasteiger partial charge in [-0.2, -0.15) is 0 Å². The van der Waals surface area contributed by atoms with Crippen LogP contribution >= 0.6 is 0 Å². The molecule has 0 aliphatic rings. The summed E-state index contributed by atoms with van der Waals surface area (Å²) in [6.45, 7) is 2.03. The quantitative estimate of drug-likeness (QED) is 0.447. The van der Waals surface area contributed by atoms with E-state index in [0.717, 1.165) is 19.5 Å². The van der Waals surface area contributed by atoms with Gasteiger partial charge in [0, 0.05) is 12.7 Å². The van der Waals surface area contributed by atoms with E-state index in [1.165, 1.54) is 6.07 Å². The molecule has 0 spiro atoms. The third kappa shape index (κ3) is 3.39. The van der Waals surface area contributed by atoms with Gasteiger partial charge < -0.3 is 9.73 Å². The Balaban J connectivity index is 1.64. The van der Waals surface area contributed by atoms with Gasteiger partial charge in [-0.25, -0.2) is 0 Å². The van der Waals surface area contributed by atoms with E-state index in [0.29, 0.717) is 12.3 Å². The number of hydrogen-bond acceptors (Lipinski definition) is 6. The first kappa shape index (κ1) is 12.2. The van der Waals surface area contributed by atoms with Gasteiger partial charge in [0.1, 0.15) is 10.7 Å². The maximum Gasteiger partial charge on any atom is 0.433 e. The van der Waals surface area contributed by atoms with Crippen molar-refractivity contribution in [3.63, 3.8) is 0 Å². The molecule has 2 rings (SSSR count). The highest BCUT2D eigenvalue weighted by Gasteiger charge is 2.10. The predicted molar refractivity (Wildman–Crippen MR) is 61.7 cm³/mol. The number of rotatable bonds is 7. The number of hydrogen-bond donors (Lipinski definition) is 1. The van der Waals surface area contributed by atoms with Gasteiger partial charge in [0.25, 0.3) is 0 Å². The molecule has 96 valence electrons. The maximum atomic E-state index is 10.4. The van der Waals surface area contributed by atoms with E-state index < -0.39 is 4.92 Å². The molecule has 0 unspecified atom stereocenters. The molecule has 0 fully saturated rings. The molecule has 0 bridgehead atoms. The smallest absolute Gasteiger partial charge is 0.404 e. The summed E-state index contributed by atoms with van der Waals surface area (Å²) in [6, 6.07) is 2.95. The molecular weight excluding hydrogens is 238 g/mol. The predicted octanol–water partition coefficient (Wildman–Crippen LogP) is 0.959. The monoisotopic (exact) mass is 251 g/mol. The Bertz CT molecular complexity index is 493. The van der Waals surface area contributed by atoms with Crippen molar-refractivity contribution in [1.29, 1.82) is 0 Å². The molecule has 8 heteroatoms. The Kier molecular flexibility index (Phi) is 4.02. The van der Waals surface area contributed by atoms with Crippen LogP contribution in [0.1, 0.15) is 12.2 Å². The molecule has 0 aliphatic heterocycles. The molecule has 0 aliphatic carbocycles. The Morgan fingerprint density at radius 2 is 2.39 bits per heavy atom. The number of aromatic nitrogens is 3. The van der Waals surface area contributed by atoms with Crippen LogP contribution in [0.25, 0.3) is 0 Å². The number of furan rings is 1. The van der Waals surface area contributed by atoms with Crippen LogP contribution < -0.4 is 5.32 Å². The second-order valence-corrected chi connectivity index (χ2v) is 3.69. The van der Waals surface area contributed by atoms with Gasteiger partial charge in [-0.3, -0.25) is 14.8 Å². The minimum absolute atomic E-state index is 0.227. The molecule has 2 aromatic heterocycles. The zero-order chi connectivity index (χ0) is 12.8. The zero-order valence-electron chi connectivity index (χ0n) is 9.65. The lowest BCUT2D eigenvalue weighted by Crippen LogP contribution is -2.16. The van der Waals surface area contributed by atoms with E-state index in [2.05, 4.69) is 15.6 Å². The van der Waals surface area contributed by atoms with E-state index in [9.17, 15) is 10.1 Å². The van der Waals surface area contributed by atoms with Gasteiger partial charge in [-0.1, -0.05) is 5.21 Å². The highest BCUT2D eigenvalue weighted by molar-refractivity contribution is 5.17. The van der Waals surface area contributed by atoms with Crippen LogP contribution in [0, 0.1) is 10.1 Å². The number of nitrogens with zero attached hydrogens (tertiary/aromatic N) is 4. The second kappa shape index (κ2) is 5.92. The van der Waals surface area contributed by atoms with Crippen molar-refractivity contribution < 1.29 is 9.34 Å². The lowest BCUT2D eigenvalue weighted by Gasteiger charge is -2.02. The molecule has 0 radical (unpaired) electrons. The number of nitro groups is 1. The molecule has 0 saturated carbocycles. The first-order valence-electron chi connectivity index (χ1n) is 5.53.